The van der Waals surface area contributed by atoms with E-state index in [-0.39, 0.29) is 23.5 Å². The first-order chi connectivity index (χ1) is 13.6. The summed E-state index contributed by atoms with van der Waals surface area (Å²) < 4.78 is 18.8. The summed E-state index contributed by atoms with van der Waals surface area (Å²) in [4.78, 5) is 26.8. The number of carbonyl (C=O) groups is 2. The lowest BCUT2D eigenvalue weighted by Crippen LogP contribution is -2.43. The fraction of sp³-hybridized carbons (Fsp3) is 0.364. The van der Waals surface area contributed by atoms with Crippen molar-refractivity contribution in [2.75, 3.05) is 26.7 Å². The Morgan fingerprint density at radius 2 is 1.89 bits per heavy atom. The summed E-state index contributed by atoms with van der Waals surface area (Å²) in [5.41, 5.74) is 1.19. The number of ether oxygens (including phenoxy) is 1. The lowest BCUT2D eigenvalue weighted by atomic mass is 9.95. The fourth-order valence-corrected chi connectivity index (χ4v) is 3.45. The minimum absolute atomic E-state index is 0.0233. The second-order valence-corrected chi connectivity index (χ2v) is 6.93. The third kappa shape index (κ3) is 4.88. The van der Waals surface area contributed by atoms with Crippen molar-refractivity contribution in [2.24, 2.45) is 5.92 Å². The number of hydrogen-bond acceptors (Lipinski definition) is 3. The van der Waals surface area contributed by atoms with Crippen molar-refractivity contribution in [3.63, 3.8) is 0 Å². The number of rotatable bonds is 6. The zero-order valence-corrected chi connectivity index (χ0v) is 16.0. The van der Waals surface area contributed by atoms with Crippen LogP contribution < -0.4 is 10.1 Å². The van der Waals surface area contributed by atoms with Crippen LogP contribution >= 0.6 is 0 Å². The lowest BCUT2D eigenvalue weighted by molar-refractivity contribution is -0.126. The van der Waals surface area contributed by atoms with Crippen molar-refractivity contribution in [1.29, 1.82) is 0 Å². The Hall–Kier alpha value is -2.89. The van der Waals surface area contributed by atoms with E-state index in [2.05, 4.69) is 5.32 Å². The van der Waals surface area contributed by atoms with Gasteiger partial charge in [0.15, 0.2) is 0 Å². The van der Waals surface area contributed by atoms with Crippen LogP contribution in [0.2, 0.25) is 0 Å². The van der Waals surface area contributed by atoms with Crippen molar-refractivity contribution in [2.45, 2.75) is 19.3 Å². The number of piperidine rings is 1. The Bertz CT molecular complexity index is 832. The van der Waals surface area contributed by atoms with E-state index in [1.165, 1.54) is 6.07 Å². The standard InChI is InChI=1S/C22H25FN2O3/c1-28-19-7-4-6-18(15-19)22(27)25-13-10-17(11-14-25)21(26)24-12-9-16-5-2-3-8-20(16)23/h2-8,15,17H,9-14H2,1H3,(H,24,26). The minimum atomic E-state index is -0.249. The molecule has 2 aromatic carbocycles. The summed E-state index contributed by atoms with van der Waals surface area (Å²) >= 11 is 0. The summed E-state index contributed by atoms with van der Waals surface area (Å²) in [5.74, 6) is 0.216. The van der Waals surface area contributed by atoms with E-state index in [1.54, 1.807) is 54.5 Å². The van der Waals surface area contributed by atoms with Gasteiger partial charge in [-0.1, -0.05) is 24.3 Å². The lowest BCUT2D eigenvalue weighted by Gasteiger charge is -2.31. The van der Waals surface area contributed by atoms with Crippen LogP contribution in [0.25, 0.3) is 0 Å². The molecule has 0 radical (unpaired) electrons. The molecule has 1 fully saturated rings. The second kappa shape index (κ2) is 9.35. The van der Waals surface area contributed by atoms with Gasteiger partial charge in [-0.05, 0) is 49.1 Å². The molecule has 28 heavy (non-hydrogen) atoms. The summed E-state index contributed by atoms with van der Waals surface area (Å²) in [6, 6.07) is 13.7. The molecule has 0 aliphatic carbocycles. The Morgan fingerprint density at radius 1 is 1.14 bits per heavy atom. The molecule has 1 heterocycles. The second-order valence-electron chi connectivity index (χ2n) is 6.93. The molecule has 1 N–H and O–H groups in total. The average Bonchev–Trinajstić information content (AvgIpc) is 2.74. The minimum Gasteiger partial charge on any atom is -0.497 e. The van der Waals surface area contributed by atoms with E-state index >= 15 is 0 Å². The van der Waals surface area contributed by atoms with E-state index in [0.29, 0.717) is 55.8 Å². The number of benzene rings is 2. The van der Waals surface area contributed by atoms with Crippen LogP contribution in [-0.4, -0.2) is 43.5 Å². The summed E-state index contributed by atoms with van der Waals surface area (Å²) in [6.07, 6.45) is 1.72. The number of methoxy groups -OCH3 is 1. The van der Waals surface area contributed by atoms with Gasteiger partial charge in [0.05, 0.1) is 7.11 Å². The maximum Gasteiger partial charge on any atom is 0.253 e. The molecule has 1 aliphatic rings. The monoisotopic (exact) mass is 384 g/mol. The molecule has 1 saturated heterocycles. The van der Waals surface area contributed by atoms with Crippen molar-refractivity contribution < 1.29 is 18.7 Å². The molecule has 6 heteroatoms. The van der Waals surface area contributed by atoms with Crippen molar-refractivity contribution >= 4 is 11.8 Å². The molecule has 0 atom stereocenters. The Labute approximate surface area is 164 Å². The molecule has 0 unspecified atom stereocenters. The summed E-state index contributed by atoms with van der Waals surface area (Å²) in [7, 11) is 1.57. The van der Waals surface area contributed by atoms with Gasteiger partial charge in [0.25, 0.3) is 5.91 Å². The van der Waals surface area contributed by atoms with Crippen LogP contribution in [0.1, 0.15) is 28.8 Å². The molecule has 2 amide bonds. The molecule has 2 aromatic rings. The van der Waals surface area contributed by atoms with E-state index in [0.717, 1.165) is 0 Å². The van der Waals surface area contributed by atoms with Crippen LogP contribution in [0.3, 0.4) is 0 Å². The highest BCUT2D eigenvalue weighted by Gasteiger charge is 2.27. The molecule has 0 saturated carbocycles. The van der Waals surface area contributed by atoms with Gasteiger partial charge in [-0.2, -0.15) is 0 Å². The molecule has 3 rings (SSSR count). The first kappa shape index (κ1) is 19.9. The molecule has 0 bridgehead atoms. The molecule has 148 valence electrons. The fourth-order valence-electron chi connectivity index (χ4n) is 3.45. The molecule has 0 aromatic heterocycles. The third-order valence-electron chi connectivity index (χ3n) is 5.12. The highest BCUT2D eigenvalue weighted by molar-refractivity contribution is 5.94. The quantitative estimate of drug-likeness (QED) is 0.833. The zero-order chi connectivity index (χ0) is 19.9. The van der Waals surface area contributed by atoms with Crippen LogP contribution in [0.5, 0.6) is 5.75 Å². The van der Waals surface area contributed by atoms with Crippen LogP contribution in [-0.2, 0) is 11.2 Å². The Morgan fingerprint density at radius 3 is 2.61 bits per heavy atom. The molecule has 1 aliphatic heterocycles. The summed E-state index contributed by atoms with van der Waals surface area (Å²) in [6.45, 7) is 1.49. The van der Waals surface area contributed by atoms with Gasteiger partial charge in [0, 0.05) is 31.1 Å². The predicted octanol–water partition coefficient (Wildman–Crippen LogP) is 3.05. The normalized spacial score (nSPS) is 14.6. The Kier molecular flexibility index (Phi) is 6.63. The van der Waals surface area contributed by atoms with Gasteiger partial charge >= 0.3 is 0 Å². The first-order valence-electron chi connectivity index (χ1n) is 9.53. The number of halogens is 1. The molecule has 5 nitrogen and oxygen atoms in total. The van der Waals surface area contributed by atoms with Gasteiger partial charge < -0.3 is 15.0 Å². The van der Waals surface area contributed by atoms with E-state index in [1.807, 2.05) is 0 Å². The largest absolute Gasteiger partial charge is 0.497 e. The first-order valence-corrected chi connectivity index (χ1v) is 9.53. The molecule has 0 spiro atoms. The van der Waals surface area contributed by atoms with Gasteiger partial charge in [-0.15, -0.1) is 0 Å². The third-order valence-corrected chi connectivity index (χ3v) is 5.12. The maximum atomic E-state index is 13.6. The SMILES string of the molecule is COc1cccc(C(=O)N2CCC(C(=O)NCCc3ccccc3F)CC2)c1. The highest BCUT2D eigenvalue weighted by atomic mass is 19.1. The number of hydrogen-bond donors (Lipinski definition) is 1. The number of nitrogens with one attached hydrogen (secondary N) is 1. The number of nitrogens with zero attached hydrogens (tertiary/aromatic N) is 1. The van der Waals surface area contributed by atoms with Gasteiger partial charge in [-0.25, -0.2) is 4.39 Å². The van der Waals surface area contributed by atoms with Crippen molar-refractivity contribution in [3.8, 4) is 5.75 Å². The molecular weight excluding hydrogens is 359 g/mol. The maximum absolute atomic E-state index is 13.6. The van der Waals surface area contributed by atoms with Crippen molar-refractivity contribution in [3.05, 3.63) is 65.5 Å². The average molecular weight is 384 g/mol. The molecular formula is C22H25FN2O3. The van der Waals surface area contributed by atoms with Crippen LogP contribution in [0.4, 0.5) is 4.39 Å². The number of likely N-dealkylation sites (tertiary alicyclic amines) is 1. The highest BCUT2D eigenvalue weighted by Crippen LogP contribution is 2.21. The summed E-state index contributed by atoms with van der Waals surface area (Å²) in [5, 5.41) is 2.89. The van der Waals surface area contributed by atoms with E-state index < -0.39 is 0 Å². The van der Waals surface area contributed by atoms with Crippen LogP contribution in [0.15, 0.2) is 48.5 Å². The Balaban J connectivity index is 1.46. The predicted molar refractivity (Wildman–Crippen MR) is 105 cm³/mol. The number of amides is 2. The van der Waals surface area contributed by atoms with E-state index in [9.17, 15) is 14.0 Å². The van der Waals surface area contributed by atoms with Crippen LogP contribution in [0, 0.1) is 11.7 Å². The van der Waals surface area contributed by atoms with Gasteiger partial charge in [-0.3, -0.25) is 9.59 Å². The number of carbonyl (C=O) groups excluding carboxylic acids is 2. The van der Waals surface area contributed by atoms with Crippen molar-refractivity contribution in [1.82, 2.24) is 10.2 Å². The zero-order valence-electron chi connectivity index (χ0n) is 16.0. The van der Waals surface area contributed by atoms with E-state index in [4.69, 9.17) is 4.74 Å². The van der Waals surface area contributed by atoms with Gasteiger partial charge in [0.1, 0.15) is 11.6 Å². The topological polar surface area (TPSA) is 58.6 Å². The van der Waals surface area contributed by atoms with Gasteiger partial charge in [0.2, 0.25) is 5.91 Å². The smallest absolute Gasteiger partial charge is 0.253 e.